The first-order valence-corrected chi connectivity index (χ1v) is 7.25. The van der Waals surface area contributed by atoms with E-state index >= 15 is 0 Å². The molecule has 0 saturated carbocycles. The summed E-state index contributed by atoms with van der Waals surface area (Å²) in [6, 6.07) is 7.12. The second kappa shape index (κ2) is 5.80. The van der Waals surface area contributed by atoms with Gasteiger partial charge in [0.05, 0.1) is 4.91 Å². The van der Waals surface area contributed by atoms with Gasteiger partial charge in [0.1, 0.15) is 0 Å². The number of hydrogen-bond donors (Lipinski definition) is 0. The Kier molecular flexibility index (Phi) is 4.32. The zero-order valence-corrected chi connectivity index (χ0v) is 12.3. The lowest BCUT2D eigenvalue weighted by atomic mass is 10.2. The third-order valence-corrected chi connectivity index (χ3v) is 4.12. The summed E-state index contributed by atoms with van der Waals surface area (Å²) in [5, 5.41) is 0.405. The van der Waals surface area contributed by atoms with Gasteiger partial charge in [0, 0.05) is 11.1 Å². The highest BCUT2D eigenvalue weighted by molar-refractivity contribution is 8.18. The number of imide groups is 1. The Bertz CT molecular complexity index is 556. The summed E-state index contributed by atoms with van der Waals surface area (Å²) in [5.74, 6) is -0.218. The molecule has 1 heterocycles. The molecule has 0 bridgehead atoms. The summed E-state index contributed by atoms with van der Waals surface area (Å²) in [5.41, 5.74) is 0.821. The summed E-state index contributed by atoms with van der Waals surface area (Å²) in [6.45, 7) is 3.83. The van der Waals surface area contributed by atoms with Crippen molar-refractivity contribution in [2.75, 3.05) is 0 Å². The van der Waals surface area contributed by atoms with Gasteiger partial charge in [-0.2, -0.15) is 0 Å². The van der Waals surface area contributed by atoms with Crippen LogP contribution in [0.15, 0.2) is 29.2 Å². The molecule has 3 nitrogen and oxygen atoms in total. The van der Waals surface area contributed by atoms with Crippen LogP contribution in [0.25, 0.3) is 6.08 Å². The molecular weight excluding hydrogens is 282 g/mol. The number of carbonyl (C=O) groups excluding carboxylic acids is 2. The Morgan fingerprint density at radius 3 is 2.79 bits per heavy atom. The summed E-state index contributed by atoms with van der Waals surface area (Å²) < 4.78 is 0. The fourth-order valence-corrected chi connectivity index (χ4v) is 2.92. The SMILES string of the molecule is CC[C@@H](C)N1C(=O)S/C(=C/c2cccc(Cl)c2)C1=O. The van der Waals surface area contributed by atoms with Crippen molar-refractivity contribution in [3.63, 3.8) is 0 Å². The third kappa shape index (κ3) is 3.01. The second-order valence-corrected chi connectivity index (χ2v) is 5.79. The quantitative estimate of drug-likeness (QED) is 0.785. The molecule has 0 N–H and O–H groups in total. The molecule has 0 aliphatic carbocycles. The molecule has 1 aliphatic rings. The molecular formula is C14H14ClNO2S. The first-order chi connectivity index (χ1) is 9.02. The second-order valence-electron chi connectivity index (χ2n) is 4.36. The molecule has 1 saturated heterocycles. The minimum Gasteiger partial charge on any atom is -0.268 e. The molecule has 0 unspecified atom stereocenters. The zero-order chi connectivity index (χ0) is 14.0. The van der Waals surface area contributed by atoms with Crippen molar-refractivity contribution in [3.05, 3.63) is 39.8 Å². The Hall–Kier alpha value is -1.26. The number of nitrogens with zero attached hydrogens (tertiary/aromatic N) is 1. The zero-order valence-electron chi connectivity index (χ0n) is 10.7. The van der Waals surface area contributed by atoms with Crippen molar-refractivity contribution < 1.29 is 9.59 Å². The maximum absolute atomic E-state index is 12.2. The van der Waals surface area contributed by atoms with E-state index in [1.807, 2.05) is 26.0 Å². The number of amides is 2. The first-order valence-electron chi connectivity index (χ1n) is 6.05. The molecule has 5 heteroatoms. The monoisotopic (exact) mass is 295 g/mol. The Balaban J connectivity index is 2.28. The smallest absolute Gasteiger partial charge is 0.268 e. The molecule has 1 aromatic carbocycles. The van der Waals surface area contributed by atoms with Gasteiger partial charge < -0.3 is 0 Å². The van der Waals surface area contributed by atoms with Gasteiger partial charge in [-0.25, -0.2) is 0 Å². The van der Waals surface area contributed by atoms with Crippen LogP contribution in [-0.4, -0.2) is 22.1 Å². The predicted octanol–water partition coefficient (Wildman–Crippen LogP) is 4.17. The average molecular weight is 296 g/mol. The van der Waals surface area contributed by atoms with Crippen LogP contribution in [-0.2, 0) is 4.79 Å². The summed E-state index contributed by atoms with van der Waals surface area (Å²) >= 11 is 6.88. The fraction of sp³-hybridized carbons (Fsp3) is 0.286. The highest BCUT2D eigenvalue weighted by atomic mass is 35.5. The molecule has 1 aromatic rings. The van der Waals surface area contributed by atoms with E-state index in [9.17, 15) is 9.59 Å². The van der Waals surface area contributed by atoms with Gasteiger partial charge in [-0.05, 0) is 48.9 Å². The standard InChI is InChI=1S/C14H14ClNO2S/c1-3-9(2)16-13(17)12(19-14(16)18)8-10-5-4-6-11(15)7-10/h4-9H,3H2,1-2H3/b12-8+/t9-/m1/s1. The topological polar surface area (TPSA) is 37.4 Å². The van der Waals surface area contributed by atoms with Crippen LogP contribution in [0.1, 0.15) is 25.8 Å². The Labute approximate surface area is 121 Å². The van der Waals surface area contributed by atoms with E-state index in [1.54, 1.807) is 18.2 Å². The van der Waals surface area contributed by atoms with Crippen LogP contribution in [0.3, 0.4) is 0 Å². The molecule has 1 aliphatic heterocycles. The maximum atomic E-state index is 12.2. The lowest BCUT2D eigenvalue weighted by Gasteiger charge is -2.19. The molecule has 100 valence electrons. The highest BCUT2D eigenvalue weighted by Gasteiger charge is 2.37. The number of benzene rings is 1. The summed E-state index contributed by atoms with van der Waals surface area (Å²) in [4.78, 5) is 25.8. The van der Waals surface area contributed by atoms with Gasteiger partial charge >= 0.3 is 0 Å². The lowest BCUT2D eigenvalue weighted by Crippen LogP contribution is -2.36. The normalized spacial score (nSPS) is 19.3. The van der Waals surface area contributed by atoms with Crippen LogP contribution >= 0.6 is 23.4 Å². The van der Waals surface area contributed by atoms with Crippen molar-refractivity contribution in [2.45, 2.75) is 26.3 Å². The molecule has 2 amide bonds. The average Bonchev–Trinajstić information content (AvgIpc) is 2.64. The van der Waals surface area contributed by atoms with Crippen molar-refractivity contribution in [1.82, 2.24) is 4.90 Å². The molecule has 0 aromatic heterocycles. The summed E-state index contributed by atoms with van der Waals surface area (Å²) in [6.07, 6.45) is 2.46. The highest BCUT2D eigenvalue weighted by Crippen LogP contribution is 2.34. The van der Waals surface area contributed by atoms with Gasteiger partial charge in [-0.15, -0.1) is 0 Å². The van der Waals surface area contributed by atoms with E-state index in [-0.39, 0.29) is 17.2 Å². The van der Waals surface area contributed by atoms with E-state index in [0.717, 1.165) is 23.7 Å². The van der Waals surface area contributed by atoms with Gasteiger partial charge in [-0.3, -0.25) is 14.5 Å². The summed E-state index contributed by atoms with van der Waals surface area (Å²) in [7, 11) is 0. The molecule has 1 atom stereocenters. The van der Waals surface area contributed by atoms with Crippen molar-refractivity contribution >= 4 is 40.6 Å². The molecule has 0 spiro atoms. The molecule has 0 radical (unpaired) electrons. The van der Waals surface area contributed by atoms with Crippen LogP contribution < -0.4 is 0 Å². The van der Waals surface area contributed by atoms with Crippen LogP contribution in [0, 0.1) is 0 Å². The third-order valence-electron chi connectivity index (χ3n) is 3.00. The lowest BCUT2D eigenvalue weighted by molar-refractivity contribution is -0.124. The van der Waals surface area contributed by atoms with Crippen molar-refractivity contribution in [3.8, 4) is 0 Å². The number of thioether (sulfide) groups is 1. The van der Waals surface area contributed by atoms with Gasteiger partial charge in [-0.1, -0.05) is 30.7 Å². The molecule has 19 heavy (non-hydrogen) atoms. The van der Waals surface area contributed by atoms with E-state index in [1.165, 1.54) is 4.90 Å². The van der Waals surface area contributed by atoms with Crippen molar-refractivity contribution in [2.24, 2.45) is 0 Å². The van der Waals surface area contributed by atoms with Crippen LogP contribution in [0.5, 0.6) is 0 Å². The van der Waals surface area contributed by atoms with Crippen LogP contribution in [0.2, 0.25) is 5.02 Å². The number of hydrogen-bond acceptors (Lipinski definition) is 3. The predicted molar refractivity (Wildman–Crippen MR) is 79.0 cm³/mol. The van der Waals surface area contributed by atoms with E-state index in [0.29, 0.717) is 9.93 Å². The van der Waals surface area contributed by atoms with Gasteiger partial charge in [0.2, 0.25) is 0 Å². The molecule has 1 fully saturated rings. The maximum Gasteiger partial charge on any atom is 0.293 e. The molecule has 2 rings (SSSR count). The van der Waals surface area contributed by atoms with Gasteiger partial charge in [0.25, 0.3) is 11.1 Å². The first kappa shape index (κ1) is 14.2. The van der Waals surface area contributed by atoms with Crippen LogP contribution in [0.4, 0.5) is 4.79 Å². The largest absolute Gasteiger partial charge is 0.293 e. The Morgan fingerprint density at radius 1 is 1.42 bits per heavy atom. The Morgan fingerprint density at radius 2 is 2.16 bits per heavy atom. The van der Waals surface area contributed by atoms with E-state index in [4.69, 9.17) is 11.6 Å². The van der Waals surface area contributed by atoms with E-state index in [2.05, 4.69) is 0 Å². The van der Waals surface area contributed by atoms with Gasteiger partial charge in [0.15, 0.2) is 0 Å². The minimum absolute atomic E-state index is 0.0715. The van der Waals surface area contributed by atoms with E-state index < -0.39 is 0 Å². The fourth-order valence-electron chi connectivity index (χ4n) is 1.79. The van der Waals surface area contributed by atoms with Crippen molar-refractivity contribution in [1.29, 1.82) is 0 Å². The number of rotatable bonds is 3. The minimum atomic E-state index is -0.218. The number of halogens is 1. The number of carbonyl (C=O) groups is 2.